The van der Waals surface area contributed by atoms with Crippen molar-refractivity contribution in [2.24, 2.45) is 51.9 Å². The number of rotatable bonds is 19. The lowest BCUT2D eigenvalue weighted by Crippen LogP contribution is -2.57. The number of hydrogen-bond acceptors (Lipinski definition) is 17. The van der Waals surface area contributed by atoms with Crippen molar-refractivity contribution in [2.75, 3.05) is 42.3 Å². The first-order valence-electron chi connectivity index (χ1n) is 33.8. The minimum absolute atomic E-state index is 0. The Balaban J connectivity index is 0.00000122. The van der Waals surface area contributed by atoms with Crippen LogP contribution in [0.25, 0.3) is 0 Å². The van der Waals surface area contributed by atoms with E-state index in [0.29, 0.717) is 62.3 Å². The van der Waals surface area contributed by atoms with Crippen LogP contribution in [-0.4, -0.2) is 202 Å². The van der Waals surface area contributed by atoms with E-state index in [9.17, 15) is 29.4 Å². The van der Waals surface area contributed by atoms with Gasteiger partial charge < -0.3 is 85.7 Å². The van der Waals surface area contributed by atoms with E-state index in [2.05, 4.69) is 147 Å². The van der Waals surface area contributed by atoms with E-state index < -0.39 is 37.3 Å². The van der Waals surface area contributed by atoms with Crippen molar-refractivity contribution in [3.05, 3.63) is 0 Å². The molecule has 6 fully saturated rings. The zero-order chi connectivity index (χ0) is 69.4. The van der Waals surface area contributed by atoms with Gasteiger partial charge in [-0.05, 0) is 271 Å². The van der Waals surface area contributed by atoms with Gasteiger partial charge in [-0.1, -0.05) is 68.7 Å². The lowest BCUT2D eigenvalue weighted by molar-refractivity contribution is -0.147. The Morgan fingerprint density at radius 1 is 0.462 bits per heavy atom. The molecule has 0 aromatic rings. The Kier molecular flexibility index (Phi) is 34.7. The molecule has 544 valence electrons. The van der Waals surface area contributed by atoms with Crippen molar-refractivity contribution >= 4 is 52.2 Å². The summed E-state index contributed by atoms with van der Waals surface area (Å²) < 4.78 is 24.7. The average Bonchev–Trinajstić information content (AvgIpc) is 1.77. The first-order chi connectivity index (χ1) is 40.7. The lowest BCUT2D eigenvalue weighted by atomic mass is 9.63. The second kappa shape index (κ2) is 35.6. The molecule has 0 aromatic carbocycles. The van der Waals surface area contributed by atoms with E-state index in [1.807, 2.05) is 38.0 Å². The third-order valence-corrected chi connectivity index (χ3v) is 21.0. The molecule has 0 aromatic heterocycles. The van der Waals surface area contributed by atoms with Gasteiger partial charge in [-0.2, -0.15) is 0 Å². The number of nitrogens with one attached hydrogen (secondary N) is 2. The van der Waals surface area contributed by atoms with Crippen LogP contribution in [0.5, 0.6) is 0 Å². The summed E-state index contributed by atoms with van der Waals surface area (Å²) in [4.78, 5) is 54.8. The van der Waals surface area contributed by atoms with E-state index in [0.717, 1.165) is 70.4 Å². The maximum absolute atomic E-state index is 13.1. The van der Waals surface area contributed by atoms with E-state index in [-0.39, 0.29) is 129 Å². The van der Waals surface area contributed by atoms with Crippen molar-refractivity contribution < 1.29 is 68.1 Å². The van der Waals surface area contributed by atoms with Gasteiger partial charge in [0.05, 0.1) is 22.4 Å². The zero-order valence-electron chi connectivity index (χ0n) is 60.5. The first kappa shape index (κ1) is 90.6. The van der Waals surface area contributed by atoms with E-state index in [1.165, 1.54) is 6.42 Å². The fraction of sp³-hybridized carbons (Fsp3) is 0.941. The van der Waals surface area contributed by atoms with Crippen LogP contribution in [0, 0.1) is 40.4 Å². The molecule has 6 rings (SSSR count). The van der Waals surface area contributed by atoms with Crippen molar-refractivity contribution in [2.45, 2.75) is 331 Å². The molecule has 2 amide bonds. The average molecular weight is 1320 g/mol. The quantitative estimate of drug-likeness (QED) is 0.0538. The third kappa shape index (κ3) is 27.7. The Hall–Kier alpha value is -2.38. The molecule has 2 saturated heterocycles. The van der Waals surface area contributed by atoms with Gasteiger partial charge in [-0.3, -0.25) is 19.2 Å². The van der Waals surface area contributed by atoms with E-state index >= 15 is 0 Å². The van der Waals surface area contributed by atoms with Crippen molar-refractivity contribution in [3.8, 4) is 0 Å². The number of amides is 2. The summed E-state index contributed by atoms with van der Waals surface area (Å²) in [6.07, 6.45) is 15.1. The molecule has 0 spiro atoms. The molecule has 0 radical (unpaired) electrons. The molecule has 12 atom stereocenters. The Morgan fingerprint density at radius 3 is 1.00 bits per heavy atom. The van der Waals surface area contributed by atoms with Crippen molar-refractivity contribution in [3.63, 3.8) is 0 Å². The highest BCUT2D eigenvalue weighted by atomic mass is 16.7. The number of carbonyl (C=O) groups is 4. The number of carboxylic acids is 2. The van der Waals surface area contributed by atoms with Crippen LogP contribution in [0.2, 0.25) is 25.3 Å². The number of aliphatic carboxylic acids is 2. The predicted molar refractivity (Wildman–Crippen MR) is 383 cm³/mol. The van der Waals surface area contributed by atoms with Gasteiger partial charge in [-0.25, -0.2) is 0 Å². The highest BCUT2D eigenvalue weighted by molar-refractivity contribution is 6.45. The summed E-state index contributed by atoms with van der Waals surface area (Å²) in [5.41, 5.74) is 7.48. The molecule has 12 N–H and O–H groups in total. The van der Waals surface area contributed by atoms with Crippen LogP contribution in [-0.2, 0) is 37.8 Å². The van der Waals surface area contributed by atoms with Crippen LogP contribution >= 0.6 is 0 Å². The maximum Gasteiger partial charge on any atom is 0.457 e. The molecule has 25 heteroatoms. The lowest BCUT2D eigenvalue weighted by Gasteiger charge is -2.44. The van der Waals surface area contributed by atoms with Gasteiger partial charge in [-0.15, -0.1) is 0 Å². The molecule has 4 aliphatic carbocycles. The van der Waals surface area contributed by atoms with Gasteiger partial charge >= 0.3 is 40.4 Å². The number of nitrogens with zero attached hydrogens (tertiary/aromatic N) is 3. The number of nitrogens with two attached hydrogens (primary N) is 2. The van der Waals surface area contributed by atoms with Crippen LogP contribution in [0.1, 0.15) is 243 Å². The maximum atomic E-state index is 13.1. The van der Waals surface area contributed by atoms with Crippen molar-refractivity contribution in [1.82, 2.24) is 25.3 Å². The highest BCUT2D eigenvalue weighted by Gasteiger charge is 2.54. The second-order valence-corrected chi connectivity index (χ2v) is 34.1. The summed E-state index contributed by atoms with van der Waals surface area (Å²) in [5.74, 6) is 0.312. The molecular weight excluding hydrogens is 1180 g/mol. The monoisotopic (exact) mass is 1320 g/mol. The molecule has 4 saturated carbocycles. The molecular formula is C68H141B4N7O14. The number of carbonyl (C=O) groups excluding carboxylic acids is 2. The number of carboxylic acid groups (broad SMARTS) is 2. The Bertz CT molecular complexity index is 2220. The normalized spacial score (nSPS) is 31.9. The van der Waals surface area contributed by atoms with Gasteiger partial charge in [0.2, 0.25) is 11.8 Å². The topological polar surface area (TPSA) is 312 Å². The molecule has 2 aliphatic heterocycles. The number of hydrogen-bond donors (Lipinski definition) is 10. The van der Waals surface area contributed by atoms with Crippen LogP contribution in [0.15, 0.2) is 0 Å². The summed E-state index contributed by atoms with van der Waals surface area (Å²) in [6, 6.07) is 0.675. The summed E-state index contributed by atoms with van der Waals surface area (Å²) in [6.45, 7) is 35.7. The van der Waals surface area contributed by atoms with Gasteiger partial charge in [0.15, 0.2) is 0 Å². The smallest absolute Gasteiger partial charge is 0.457 e. The van der Waals surface area contributed by atoms with E-state index in [4.69, 9.17) is 50.2 Å². The van der Waals surface area contributed by atoms with Crippen LogP contribution < -0.4 is 22.1 Å². The van der Waals surface area contributed by atoms with Crippen LogP contribution in [0.3, 0.4) is 0 Å². The molecule has 2 heterocycles. The minimum atomic E-state index is -1.33. The van der Waals surface area contributed by atoms with Gasteiger partial charge in [0.25, 0.3) is 0 Å². The molecule has 21 nitrogen and oxygen atoms in total. The van der Waals surface area contributed by atoms with Gasteiger partial charge in [0, 0.05) is 40.0 Å². The third-order valence-electron chi connectivity index (χ3n) is 21.0. The first-order valence-corrected chi connectivity index (χ1v) is 33.8. The fourth-order valence-electron chi connectivity index (χ4n) is 14.6. The van der Waals surface area contributed by atoms with E-state index in [1.54, 1.807) is 0 Å². The van der Waals surface area contributed by atoms with Crippen molar-refractivity contribution in [1.29, 1.82) is 0 Å². The Labute approximate surface area is 568 Å². The Morgan fingerprint density at radius 2 is 0.731 bits per heavy atom. The summed E-state index contributed by atoms with van der Waals surface area (Å²) in [7, 11) is 8.96. The summed E-state index contributed by atoms with van der Waals surface area (Å²) >= 11 is 0. The fourth-order valence-corrected chi connectivity index (χ4v) is 14.6. The second-order valence-electron chi connectivity index (χ2n) is 34.1. The minimum Gasteiger partial charge on any atom is -0.480 e. The standard InChI is InChI=1S/C22H43BN2O3.C21H40BNO3.2C11H23BN2O4.3CH4/c1-19(2,3)24-18(26)22(8)14-16(13-17(15-22)25(9)10)11-12-23-27-20(4,5)21(6,7)28-23;1-15-12-16(10-11-22-25-19(5,6)20(7,8)26-22)14-21(9,13-15)17(24)23-18(2,3)4;2*1-14(2)9-5-8(3-4-12(17)18)6-11(13,7-9)10(15)16;;;/h16-17H,11-15H2,1-10H3,(H,24,26);15-16H,10-14H2,1-9H3,(H,23,24);2*8-9,17-18H,3-7,13H2,1-2H3,(H,15,16);3*1H4. The molecule has 12 unspecified atom stereocenters. The largest absolute Gasteiger partial charge is 0.480 e. The predicted octanol–water partition coefficient (Wildman–Crippen LogP) is 9.58. The zero-order valence-corrected chi connectivity index (χ0v) is 60.5. The molecule has 0 bridgehead atoms. The summed E-state index contributed by atoms with van der Waals surface area (Å²) in [5, 5.41) is 60.5. The van der Waals surface area contributed by atoms with Crippen LogP contribution in [0.4, 0.5) is 0 Å². The molecule has 93 heavy (non-hydrogen) atoms. The van der Waals surface area contributed by atoms with Gasteiger partial charge in [0.1, 0.15) is 11.1 Å². The highest BCUT2D eigenvalue weighted by Crippen LogP contribution is 2.48. The SMILES string of the molecule is C.C.C.CC1CC(CCB2OC(C)(C)C(C)(C)O2)CC(C)(C(=O)NC(C)(C)C)C1.CN(C)C1CC(CCB(O)O)CC(N)(C(=O)O)C1.CN(C)C1CC(CCB(O)O)CC(N)(C(=O)O)C1.CN(C)C1CC(CCB2OC(C)(C)C(C)(C)O2)CC(C)(C(=O)NC(C)(C)C)C1. The molecule has 6 aliphatic rings.